The molecule has 58 valence electrons. The van der Waals surface area contributed by atoms with Gasteiger partial charge in [-0.25, -0.2) is 5.48 Å². The molecule has 0 aliphatic rings. The number of rotatable bonds is 5. The summed E-state index contributed by atoms with van der Waals surface area (Å²) in [4.78, 5) is 4.63. The predicted molar refractivity (Wildman–Crippen MR) is 43.3 cm³/mol. The van der Waals surface area contributed by atoms with E-state index in [9.17, 15) is 0 Å². The Hall–Kier alpha value is -0.610. The molecule has 0 aromatic carbocycles. The van der Waals surface area contributed by atoms with Crippen LogP contribution < -0.4 is 5.48 Å². The second kappa shape index (κ2) is 6.51. The number of hydrogen-bond donors (Lipinski definition) is 2. The van der Waals surface area contributed by atoms with Crippen LogP contribution in [-0.4, -0.2) is 16.7 Å². The summed E-state index contributed by atoms with van der Waals surface area (Å²) in [7, 11) is 0. The van der Waals surface area contributed by atoms with Gasteiger partial charge in [0.25, 0.3) is 0 Å². The van der Waals surface area contributed by atoms with Gasteiger partial charge in [0, 0.05) is 0 Å². The van der Waals surface area contributed by atoms with E-state index in [2.05, 4.69) is 22.5 Å². The number of nitrogens with one attached hydrogen (secondary N) is 1. The quantitative estimate of drug-likeness (QED) is 0.270. The SMILES string of the molecule is CC(O)C/C=C/ONC=S. The Morgan fingerprint density at radius 2 is 2.50 bits per heavy atom. The predicted octanol–water partition coefficient (Wildman–Crippen LogP) is 0.749. The normalized spacial score (nSPS) is 13.0. The summed E-state index contributed by atoms with van der Waals surface area (Å²) in [6.45, 7) is 1.71. The molecular weight excluding hydrogens is 150 g/mol. The molecule has 4 heteroatoms. The molecular formula is C6H11NO2S. The van der Waals surface area contributed by atoms with E-state index in [0.717, 1.165) is 0 Å². The molecule has 0 fully saturated rings. The van der Waals surface area contributed by atoms with Gasteiger partial charge in [0.05, 0.1) is 11.6 Å². The Morgan fingerprint density at radius 3 is 3.00 bits per heavy atom. The summed E-state index contributed by atoms with van der Waals surface area (Å²) in [6.07, 6.45) is 3.40. The van der Waals surface area contributed by atoms with Crippen LogP contribution in [0, 0.1) is 0 Å². The fourth-order valence-corrected chi connectivity index (χ4v) is 0.423. The minimum atomic E-state index is -0.327. The molecule has 0 radical (unpaired) electrons. The zero-order valence-corrected chi connectivity index (χ0v) is 6.60. The number of aliphatic hydroxyl groups excluding tert-OH is 1. The summed E-state index contributed by atoms with van der Waals surface area (Å²) in [5.41, 5.74) is 3.60. The average molecular weight is 161 g/mol. The molecule has 0 rings (SSSR count). The van der Waals surface area contributed by atoms with Gasteiger partial charge >= 0.3 is 0 Å². The molecule has 0 amide bonds. The zero-order chi connectivity index (χ0) is 7.82. The lowest BCUT2D eigenvalue weighted by Gasteiger charge is -1.97. The van der Waals surface area contributed by atoms with Gasteiger partial charge in [-0.1, -0.05) is 12.2 Å². The van der Waals surface area contributed by atoms with Gasteiger partial charge < -0.3 is 9.94 Å². The van der Waals surface area contributed by atoms with Gasteiger partial charge in [0.15, 0.2) is 0 Å². The van der Waals surface area contributed by atoms with Crippen molar-refractivity contribution in [3.05, 3.63) is 12.3 Å². The Kier molecular flexibility index (Phi) is 6.11. The van der Waals surface area contributed by atoms with Crippen LogP contribution in [0.15, 0.2) is 12.3 Å². The third-order valence-corrected chi connectivity index (χ3v) is 0.854. The summed E-state index contributed by atoms with van der Waals surface area (Å²) in [5.74, 6) is 0. The van der Waals surface area contributed by atoms with Crippen LogP contribution in [0.4, 0.5) is 0 Å². The van der Waals surface area contributed by atoms with E-state index in [4.69, 9.17) is 5.11 Å². The van der Waals surface area contributed by atoms with E-state index in [1.807, 2.05) is 0 Å². The van der Waals surface area contributed by atoms with Crippen molar-refractivity contribution in [3.63, 3.8) is 0 Å². The standard InChI is InChI=1S/C6H11NO2S/c1-6(8)3-2-4-9-7-5-10/h2,4-6,8H,3H2,1H3,(H,7,10)/b4-2+. The molecule has 0 heterocycles. The van der Waals surface area contributed by atoms with Crippen LogP contribution in [0.2, 0.25) is 0 Å². The molecule has 0 saturated carbocycles. The number of aliphatic hydroxyl groups is 1. The van der Waals surface area contributed by atoms with Crippen molar-refractivity contribution in [2.24, 2.45) is 0 Å². The van der Waals surface area contributed by atoms with Crippen LogP contribution in [0.5, 0.6) is 0 Å². The van der Waals surface area contributed by atoms with E-state index < -0.39 is 0 Å². The number of hydroxylamine groups is 1. The minimum Gasteiger partial charge on any atom is -0.393 e. The van der Waals surface area contributed by atoms with Crippen molar-refractivity contribution >= 4 is 17.7 Å². The molecule has 10 heavy (non-hydrogen) atoms. The maximum Gasteiger partial charge on any atom is 0.115 e. The van der Waals surface area contributed by atoms with Crippen molar-refractivity contribution in [3.8, 4) is 0 Å². The van der Waals surface area contributed by atoms with Crippen LogP contribution >= 0.6 is 12.2 Å². The largest absolute Gasteiger partial charge is 0.393 e. The molecule has 1 unspecified atom stereocenters. The van der Waals surface area contributed by atoms with Gasteiger partial charge in [-0.2, -0.15) is 0 Å². The van der Waals surface area contributed by atoms with E-state index in [1.165, 1.54) is 11.8 Å². The Balaban J connectivity index is 3.11. The molecule has 0 spiro atoms. The summed E-state index contributed by atoms with van der Waals surface area (Å²) in [6, 6.07) is 0. The first kappa shape index (κ1) is 9.39. The summed E-state index contributed by atoms with van der Waals surface area (Å²) >= 11 is 4.41. The second-order valence-corrected chi connectivity index (χ2v) is 2.05. The average Bonchev–Trinajstić information content (AvgIpc) is 1.87. The highest BCUT2D eigenvalue weighted by atomic mass is 32.1. The van der Waals surface area contributed by atoms with Crippen LogP contribution in [-0.2, 0) is 4.84 Å². The van der Waals surface area contributed by atoms with Crippen LogP contribution in [0.25, 0.3) is 0 Å². The highest BCUT2D eigenvalue weighted by molar-refractivity contribution is 7.78. The monoisotopic (exact) mass is 161 g/mol. The molecule has 3 nitrogen and oxygen atoms in total. The molecule has 0 saturated heterocycles. The Morgan fingerprint density at radius 1 is 1.80 bits per heavy atom. The van der Waals surface area contributed by atoms with Crippen molar-refractivity contribution in [1.82, 2.24) is 5.48 Å². The third kappa shape index (κ3) is 7.39. The molecule has 0 aromatic rings. The van der Waals surface area contributed by atoms with Crippen molar-refractivity contribution in [1.29, 1.82) is 0 Å². The van der Waals surface area contributed by atoms with E-state index in [1.54, 1.807) is 13.0 Å². The van der Waals surface area contributed by atoms with Gasteiger partial charge in [-0.3, -0.25) is 0 Å². The Bertz CT molecular complexity index is 114. The molecule has 2 N–H and O–H groups in total. The zero-order valence-electron chi connectivity index (χ0n) is 5.78. The lowest BCUT2D eigenvalue weighted by atomic mass is 10.3. The maximum atomic E-state index is 8.75. The van der Waals surface area contributed by atoms with Crippen LogP contribution in [0.3, 0.4) is 0 Å². The molecule has 0 aliphatic heterocycles. The maximum absolute atomic E-state index is 8.75. The van der Waals surface area contributed by atoms with E-state index in [-0.39, 0.29) is 6.10 Å². The highest BCUT2D eigenvalue weighted by Gasteiger charge is 1.87. The third-order valence-electron chi connectivity index (χ3n) is 0.758. The fourth-order valence-electron chi connectivity index (χ4n) is 0.368. The lowest BCUT2D eigenvalue weighted by Crippen LogP contribution is -2.05. The molecule has 0 aromatic heterocycles. The van der Waals surface area contributed by atoms with Crippen LogP contribution in [0.1, 0.15) is 13.3 Å². The number of thiocarbonyl (C=S) groups is 1. The molecule has 0 aliphatic carbocycles. The van der Waals surface area contributed by atoms with Crippen molar-refractivity contribution in [2.45, 2.75) is 19.4 Å². The first-order valence-electron chi connectivity index (χ1n) is 2.95. The van der Waals surface area contributed by atoms with Crippen molar-refractivity contribution in [2.75, 3.05) is 0 Å². The van der Waals surface area contributed by atoms with Crippen molar-refractivity contribution < 1.29 is 9.94 Å². The smallest absolute Gasteiger partial charge is 0.115 e. The summed E-state index contributed by atoms with van der Waals surface area (Å²) in [5, 5.41) is 8.75. The van der Waals surface area contributed by atoms with Gasteiger partial charge in [0.1, 0.15) is 6.26 Å². The molecule has 0 bridgehead atoms. The van der Waals surface area contributed by atoms with Gasteiger partial charge in [-0.05, 0) is 19.4 Å². The lowest BCUT2D eigenvalue weighted by molar-refractivity contribution is 0.185. The second-order valence-electron chi connectivity index (χ2n) is 1.81. The van der Waals surface area contributed by atoms with Gasteiger partial charge in [0.2, 0.25) is 0 Å². The van der Waals surface area contributed by atoms with E-state index >= 15 is 0 Å². The van der Waals surface area contributed by atoms with E-state index in [0.29, 0.717) is 6.42 Å². The summed E-state index contributed by atoms with van der Waals surface area (Å²) < 4.78 is 0. The first-order chi connectivity index (χ1) is 4.77. The van der Waals surface area contributed by atoms with Gasteiger partial charge in [-0.15, -0.1) is 0 Å². The Labute approximate surface area is 65.6 Å². The molecule has 1 atom stereocenters. The minimum absolute atomic E-state index is 0.327. The fraction of sp³-hybridized carbons (Fsp3) is 0.500. The topological polar surface area (TPSA) is 41.5 Å². The number of hydrogen-bond acceptors (Lipinski definition) is 3. The first-order valence-corrected chi connectivity index (χ1v) is 3.42. The highest BCUT2D eigenvalue weighted by Crippen LogP contribution is 1.89.